The molecule has 4 aliphatic rings. The molecule has 35 heavy (non-hydrogen) atoms. The zero-order chi connectivity index (χ0) is 33.0. The smallest absolute Gasteiger partial charge is 0.748 e. The third-order valence-electron chi connectivity index (χ3n) is 9.25. The van der Waals surface area contributed by atoms with Crippen LogP contribution in [-0.4, -0.2) is 53.5 Å². The first-order chi connectivity index (χ1) is 19.2. The monoisotopic (exact) mass is 530 g/mol. The number of fused-ring (bicyclic) bond motifs is 5. The first-order valence-electron chi connectivity index (χ1n) is 16.8. The second-order valence-corrected chi connectivity index (χ2v) is 12.7. The van der Waals surface area contributed by atoms with Crippen molar-refractivity contribution in [2.45, 2.75) is 97.0 Å². The number of carbonyl (C=O) groups is 1. The van der Waals surface area contributed by atoms with Crippen molar-refractivity contribution < 1.29 is 69.9 Å². The van der Waals surface area contributed by atoms with E-state index in [1.165, 1.54) is 6.92 Å². The quantitative estimate of drug-likeness (QED) is 0.316. The van der Waals surface area contributed by atoms with Crippen LogP contribution in [0.2, 0.25) is 0 Å². The van der Waals surface area contributed by atoms with Crippen molar-refractivity contribution in [3.8, 4) is 0 Å². The van der Waals surface area contributed by atoms with Gasteiger partial charge >= 0.3 is 29.6 Å². The molecule has 0 aromatic carbocycles. The van der Waals surface area contributed by atoms with E-state index in [0.29, 0.717) is 25.7 Å². The summed E-state index contributed by atoms with van der Waals surface area (Å²) in [4.78, 5) is 12.3. The van der Waals surface area contributed by atoms with Crippen LogP contribution in [0.1, 0.15) is 97.2 Å². The van der Waals surface area contributed by atoms with Crippen LogP contribution in [0.25, 0.3) is 0 Å². The fourth-order valence-electron chi connectivity index (χ4n) is 7.38. The first-order valence-corrected chi connectivity index (χ1v) is 13.9. The summed E-state index contributed by atoms with van der Waals surface area (Å²) in [5.41, 5.74) is -2.28. The van der Waals surface area contributed by atoms with Gasteiger partial charge in [0.05, 0.1) is 30.8 Å². The van der Waals surface area contributed by atoms with Gasteiger partial charge in [-0.25, -0.2) is 8.42 Å². The van der Waals surface area contributed by atoms with Crippen LogP contribution >= 0.6 is 0 Å². The summed E-state index contributed by atoms with van der Waals surface area (Å²) in [6, 6.07) is 0. The molecule has 4 saturated carbocycles. The molecular formula is C26H44NNaO6S. The predicted octanol–water partition coefficient (Wildman–Crippen LogP) is 0.0587. The molecule has 4 aliphatic carbocycles. The molecule has 0 saturated heterocycles. The van der Waals surface area contributed by atoms with Gasteiger partial charge in [-0.3, -0.25) is 4.79 Å². The summed E-state index contributed by atoms with van der Waals surface area (Å²) in [6.07, 6.45) is -14.2. The fraction of sp³-hybridized carbons (Fsp3) is 0.962. The molecule has 196 valence electrons. The number of amides is 1. The molecule has 4 unspecified atom stereocenters. The Kier molecular flexibility index (Phi) is 6.19. The Labute approximate surface area is 246 Å². The normalized spacial score (nSPS) is 58.2. The van der Waals surface area contributed by atoms with Gasteiger partial charge in [-0.05, 0) is 104 Å². The maximum absolute atomic E-state index is 12.3. The number of hydrogen-bond acceptors (Lipinski definition) is 6. The average Bonchev–Trinajstić information content (AvgIpc) is 3.17. The van der Waals surface area contributed by atoms with Gasteiger partial charge in [0.15, 0.2) is 0 Å². The number of aliphatic hydroxyl groups is 2. The minimum Gasteiger partial charge on any atom is -0.748 e. The Morgan fingerprint density at radius 2 is 1.86 bits per heavy atom. The van der Waals surface area contributed by atoms with Gasteiger partial charge in [-0.1, -0.05) is 20.8 Å². The van der Waals surface area contributed by atoms with Gasteiger partial charge in [0.25, 0.3) is 0 Å². The molecule has 4 fully saturated rings. The molecule has 0 heterocycles. The fourth-order valence-corrected chi connectivity index (χ4v) is 7.73. The first kappa shape index (κ1) is 19.4. The van der Waals surface area contributed by atoms with Crippen molar-refractivity contribution in [3.63, 3.8) is 0 Å². The molecule has 0 aliphatic heterocycles. The van der Waals surface area contributed by atoms with E-state index >= 15 is 0 Å². The van der Waals surface area contributed by atoms with Gasteiger partial charge in [-0.15, -0.1) is 0 Å². The molecular weight excluding hydrogens is 477 g/mol. The Morgan fingerprint density at radius 3 is 2.54 bits per heavy atom. The number of rotatable bonds is 7. The zero-order valence-corrected chi connectivity index (χ0v) is 24.0. The minimum absolute atomic E-state index is 0. The molecule has 0 spiro atoms. The van der Waals surface area contributed by atoms with Crippen molar-refractivity contribution >= 4 is 16.0 Å². The van der Waals surface area contributed by atoms with Crippen molar-refractivity contribution in [3.05, 3.63) is 0 Å². The zero-order valence-electron chi connectivity index (χ0n) is 30.2. The summed E-state index contributed by atoms with van der Waals surface area (Å²) in [5, 5.41) is 25.0. The summed E-state index contributed by atoms with van der Waals surface area (Å²) in [7, 11) is -4.46. The Balaban J connectivity index is 0.00000529. The van der Waals surface area contributed by atoms with E-state index in [4.69, 9.17) is 11.0 Å². The number of carbonyl (C=O) groups excluding carboxylic acids is 1. The summed E-state index contributed by atoms with van der Waals surface area (Å²) >= 11 is 0. The van der Waals surface area contributed by atoms with Crippen LogP contribution in [0.4, 0.5) is 0 Å². The summed E-state index contributed by atoms with van der Waals surface area (Å²) in [6.45, 7) is 5.08. The van der Waals surface area contributed by atoms with Gasteiger partial charge in [0.2, 0.25) is 5.91 Å². The minimum atomic E-state index is -4.46. The molecule has 0 aromatic heterocycles. The topological polar surface area (TPSA) is 127 Å². The maximum atomic E-state index is 12.3. The van der Waals surface area contributed by atoms with Gasteiger partial charge in [0.1, 0.15) is 0 Å². The van der Waals surface area contributed by atoms with E-state index in [0.717, 1.165) is 0 Å². The van der Waals surface area contributed by atoms with Crippen molar-refractivity contribution in [2.75, 3.05) is 12.3 Å². The number of nitrogens with one attached hydrogen (secondary N) is 1. The van der Waals surface area contributed by atoms with E-state index in [1.807, 2.05) is 13.8 Å². The largest absolute Gasteiger partial charge is 1.00 e. The summed E-state index contributed by atoms with van der Waals surface area (Å²) in [5.74, 6) is -7.12. The van der Waals surface area contributed by atoms with Gasteiger partial charge in [-0.2, -0.15) is 0 Å². The van der Waals surface area contributed by atoms with Crippen LogP contribution in [0.5, 0.6) is 0 Å². The molecule has 3 N–H and O–H groups in total. The van der Waals surface area contributed by atoms with Crippen LogP contribution in [0.3, 0.4) is 0 Å². The maximum Gasteiger partial charge on any atom is 1.00 e. The standard InChI is InChI=1S/C26H45NO6S.Na/c1-16(4-7-23(30)27-12-13-34(31,32)33)19-5-6-20-24-21(9-11-26(19,20)3)25(2)10-8-18(28)14-17(25)15-22(24)29;/h16-22,24,28-29H,4-15H2,1-3H3,(H,27,30)(H,31,32,33);/q;+1/p-1/t16-,17?,18-,19+,20?,21?,22-,24?,25+,26-;/m1./s1/i8D2,14D2,15D2,18D,22D,24D;. The second-order valence-electron chi connectivity index (χ2n) is 11.2. The van der Waals surface area contributed by atoms with E-state index < -0.39 is 94.0 Å². The predicted molar refractivity (Wildman–Crippen MR) is 129 cm³/mol. The van der Waals surface area contributed by atoms with E-state index in [9.17, 15) is 29.3 Å². The van der Waals surface area contributed by atoms with Crippen LogP contribution in [-0.2, 0) is 14.9 Å². The third kappa shape index (κ3) is 5.99. The van der Waals surface area contributed by atoms with Gasteiger partial charge in [0, 0.05) is 22.6 Å². The van der Waals surface area contributed by atoms with Crippen LogP contribution < -0.4 is 34.9 Å². The van der Waals surface area contributed by atoms with Crippen LogP contribution in [0, 0.1) is 46.3 Å². The molecule has 9 heteroatoms. The molecule has 1 amide bonds. The molecule has 4 rings (SSSR count). The SMILES string of the molecule is [2H]C1([2H])C[C@@]2(C)C(C([2H])([2H])[C@]1([2H])O)C([2H])([2H])[C@@]([2H])(O)C1([2H])C2CC[C@@]2(C)C1CC[C@H]2[C@H](C)CCC(=O)NCCS(=O)(=O)[O-].[Na+]. The van der Waals surface area contributed by atoms with Crippen molar-refractivity contribution in [2.24, 2.45) is 46.3 Å². The van der Waals surface area contributed by atoms with Crippen molar-refractivity contribution in [1.29, 1.82) is 0 Å². The second kappa shape index (κ2) is 11.2. The average molecular weight is 531 g/mol. The summed E-state index contributed by atoms with van der Waals surface area (Å²) < 4.78 is 112. The third-order valence-corrected chi connectivity index (χ3v) is 9.95. The van der Waals surface area contributed by atoms with E-state index in [2.05, 4.69) is 5.32 Å². The van der Waals surface area contributed by atoms with Gasteiger partial charge < -0.3 is 20.1 Å². The Morgan fingerprint density at radius 1 is 1.17 bits per heavy atom. The van der Waals surface area contributed by atoms with E-state index in [1.54, 1.807) is 0 Å². The molecule has 10 atom stereocenters. The van der Waals surface area contributed by atoms with Crippen molar-refractivity contribution in [1.82, 2.24) is 5.32 Å². The Hall–Kier alpha value is 0.300. The Bertz CT molecular complexity index is 1260. The molecule has 0 aromatic rings. The van der Waals surface area contributed by atoms with Crippen LogP contribution in [0.15, 0.2) is 0 Å². The van der Waals surface area contributed by atoms with E-state index in [-0.39, 0.29) is 60.8 Å². The molecule has 0 radical (unpaired) electrons. The molecule has 0 bridgehead atoms. The molecule has 7 nitrogen and oxygen atoms in total. The number of hydrogen-bond donors (Lipinski definition) is 3.